The first-order valence-electron chi connectivity index (χ1n) is 9.15. The van der Waals surface area contributed by atoms with E-state index < -0.39 is 0 Å². The van der Waals surface area contributed by atoms with Gasteiger partial charge in [0, 0.05) is 0 Å². The Balaban J connectivity index is 1.70. The normalized spacial score (nSPS) is 17.1. The van der Waals surface area contributed by atoms with Gasteiger partial charge in [-0.25, -0.2) is 4.99 Å². The minimum Gasteiger partial charge on any atom is -0.300 e. The van der Waals surface area contributed by atoms with Crippen molar-refractivity contribution in [1.82, 2.24) is 5.32 Å². The number of carbonyl (C=O) groups excluding carboxylic acids is 1. The molecule has 0 aliphatic carbocycles. The number of benzene rings is 2. The van der Waals surface area contributed by atoms with Crippen molar-refractivity contribution in [3.05, 3.63) is 70.1 Å². The maximum atomic E-state index is 12.2. The number of aryl methyl sites for hydroxylation is 2. The third-order valence-electron chi connectivity index (χ3n) is 4.32. The molecule has 0 radical (unpaired) electrons. The van der Waals surface area contributed by atoms with E-state index in [1.54, 1.807) is 0 Å². The van der Waals surface area contributed by atoms with Crippen LogP contribution >= 0.6 is 11.8 Å². The van der Waals surface area contributed by atoms with Gasteiger partial charge < -0.3 is 5.32 Å². The van der Waals surface area contributed by atoms with Crippen LogP contribution in [0.4, 0.5) is 5.69 Å². The molecule has 26 heavy (non-hydrogen) atoms. The van der Waals surface area contributed by atoms with Crippen LogP contribution in [0.5, 0.6) is 0 Å². The number of carbonyl (C=O) groups is 1. The van der Waals surface area contributed by atoms with Crippen molar-refractivity contribution >= 4 is 34.6 Å². The number of hydrogen-bond donors (Lipinski definition) is 1. The fourth-order valence-corrected chi connectivity index (χ4v) is 3.56. The summed E-state index contributed by atoms with van der Waals surface area (Å²) in [5, 5.41) is 3.48. The van der Waals surface area contributed by atoms with Crippen LogP contribution in [0.25, 0.3) is 6.08 Å². The lowest BCUT2D eigenvalue weighted by atomic mass is 10.1. The van der Waals surface area contributed by atoms with Gasteiger partial charge in [-0.3, -0.25) is 4.79 Å². The number of nitrogens with zero attached hydrogens (tertiary/aromatic N) is 1. The van der Waals surface area contributed by atoms with Gasteiger partial charge in [-0.2, -0.15) is 0 Å². The molecule has 1 fully saturated rings. The van der Waals surface area contributed by atoms with Crippen molar-refractivity contribution in [2.45, 2.75) is 39.5 Å². The predicted molar refractivity (Wildman–Crippen MR) is 112 cm³/mol. The van der Waals surface area contributed by atoms with E-state index in [0.717, 1.165) is 24.1 Å². The van der Waals surface area contributed by atoms with Gasteiger partial charge in [0.05, 0.1) is 10.6 Å². The second kappa shape index (κ2) is 8.86. The van der Waals surface area contributed by atoms with Crippen LogP contribution in [0.2, 0.25) is 0 Å². The lowest BCUT2D eigenvalue weighted by Gasteiger charge is -2.01. The summed E-state index contributed by atoms with van der Waals surface area (Å²) in [7, 11) is 0. The van der Waals surface area contributed by atoms with Gasteiger partial charge in [0.2, 0.25) is 0 Å². The fourth-order valence-electron chi connectivity index (χ4n) is 2.72. The van der Waals surface area contributed by atoms with Gasteiger partial charge in [0.1, 0.15) is 0 Å². The third-order valence-corrected chi connectivity index (χ3v) is 5.23. The Morgan fingerprint density at radius 2 is 1.69 bits per heavy atom. The molecule has 1 amide bonds. The molecule has 0 aromatic heterocycles. The van der Waals surface area contributed by atoms with Gasteiger partial charge >= 0.3 is 0 Å². The number of unbranched alkanes of at least 4 members (excludes halogenated alkanes) is 1. The number of rotatable bonds is 6. The molecule has 0 saturated carbocycles. The molecule has 3 nitrogen and oxygen atoms in total. The molecule has 0 unspecified atom stereocenters. The zero-order valence-corrected chi connectivity index (χ0v) is 16.1. The van der Waals surface area contributed by atoms with Crippen LogP contribution in [0.1, 0.15) is 43.4 Å². The van der Waals surface area contributed by atoms with Crippen LogP contribution in [0, 0.1) is 0 Å². The van der Waals surface area contributed by atoms with Crippen molar-refractivity contribution in [1.29, 1.82) is 0 Å². The Morgan fingerprint density at radius 1 is 1.00 bits per heavy atom. The van der Waals surface area contributed by atoms with E-state index in [1.807, 2.05) is 30.3 Å². The minimum absolute atomic E-state index is 0.0899. The Kier molecular flexibility index (Phi) is 6.29. The van der Waals surface area contributed by atoms with Gasteiger partial charge in [0.25, 0.3) is 5.91 Å². The molecule has 0 atom stereocenters. The Morgan fingerprint density at radius 3 is 2.35 bits per heavy atom. The van der Waals surface area contributed by atoms with Crippen molar-refractivity contribution in [2.24, 2.45) is 4.99 Å². The van der Waals surface area contributed by atoms with Crippen LogP contribution in [-0.2, 0) is 17.6 Å². The lowest BCUT2D eigenvalue weighted by molar-refractivity contribution is -0.115. The molecule has 4 heteroatoms. The number of amides is 1. The number of hydrogen-bond acceptors (Lipinski definition) is 3. The molecular formula is C22H24N2OS. The van der Waals surface area contributed by atoms with E-state index in [1.165, 1.54) is 35.7 Å². The van der Waals surface area contributed by atoms with Crippen LogP contribution in [0.3, 0.4) is 0 Å². The topological polar surface area (TPSA) is 41.5 Å². The summed E-state index contributed by atoms with van der Waals surface area (Å²) >= 11 is 1.39. The van der Waals surface area contributed by atoms with Crippen molar-refractivity contribution < 1.29 is 4.79 Å². The number of aliphatic imine (C=N–C) groups is 1. The summed E-state index contributed by atoms with van der Waals surface area (Å²) in [5.74, 6) is -0.0899. The molecule has 0 bridgehead atoms. The van der Waals surface area contributed by atoms with Gasteiger partial charge in [-0.15, -0.1) is 0 Å². The van der Waals surface area contributed by atoms with E-state index in [0.29, 0.717) is 10.1 Å². The summed E-state index contributed by atoms with van der Waals surface area (Å²) in [6.45, 7) is 4.33. The van der Waals surface area contributed by atoms with Gasteiger partial charge in [-0.05, 0) is 65.9 Å². The smallest absolute Gasteiger partial charge is 0.264 e. The zero-order valence-electron chi connectivity index (χ0n) is 15.3. The number of nitrogens with one attached hydrogen (secondary N) is 1. The van der Waals surface area contributed by atoms with Crippen LogP contribution < -0.4 is 5.32 Å². The average molecular weight is 365 g/mol. The second-order valence-electron chi connectivity index (χ2n) is 6.35. The molecule has 1 aliphatic rings. The van der Waals surface area contributed by atoms with E-state index in [2.05, 4.69) is 48.4 Å². The molecule has 0 spiro atoms. The Hall–Kier alpha value is -2.33. The molecule has 1 heterocycles. The maximum absolute atomic E-state index is 12.2. The molecule has 1 aliphatic heterocycles. The summed E-state index contributed by atoms with van der Waals surface area (Å²) < 4.78 is 0. The molecule has 1 N–H and O–H groups in total. The Labute approximate surface area is 159 Å². The highest BCUT2D eigenvalue weighted by molar-refractivity contribution is 8.18. The molecule has 2 aromatic carbocycles. The first kappa shape index (κ1) is 18.5. The summed E-state index contributed by atoms with van der Waals surface area (Å²) in [6.07, 6.45) is 6.43. The van der Waals surface area contributed by atoms with E-state index in [4.69, 9.17) is 0 Å². The first-order chi connectivity index (χ1) is 12.7. The van der Waals surface area contributed by atoms with Gasteiger partial charge in [0.15, 0.2) is 5.17 Å². The fraction of sp³-hybridized carbons (Fsp3) is 0.273. The summed E-state index contributed by atoms with van der Waals surface area (Å²) in [4.78, 5) is 17.4. The monoisotopic (exact) mass is 364 g/mol. The van der Waals surface area contributed by atoms with E-state index >= 15 is 0 Å². The first-order valence-corrected chi connectivity index (χ1v) is 9.97. The molecular weight excluding hydrogens is 340 g/mol. The van der Waals surface area contributed by atoms with Gasteiger partial charge in [-0.1, -0.05) is 56.7 Å². The molecule has 1 saturated heterocycles. The highest BCUT2D eigenvalue weighted by Gasteiger charge is 2.23. The molecule has 2 aromatic rings. The van der Waals surface area contributed by atoms with Crippen molar-refractivity contribution in [2.75, 3.05) is 0 Å². The predicted octanol–water partition coefficient (Wildman–Crippen LogP) is 5.48. The van der Waals surface area contributed by atoms with Crippen molar-refractivity contribution in [3.63, 3.8) is 0 Å². The highest BCUT2D eigenvalue weighted by atomic mass is 32.2. The van der Waals surface area contributed by atoms with Crippen molar-refractivity contribution in [3.8, 4) is 0 Å². The Bertz CT molecular complexity index is 820. The largest absolute Gasteiger partial charge is 0.300 e. The maximum Gasteiger partial charge on any atom is 0.264 e. The molecule has 3 rings (SSSR count). The number of thioether (sulfide) groups is 1. The second-order valence-corrected chi connectivity index (χ2v) is 7.38. The highest BCUT2D eigenvalue weighted by Crippen LogP contribution is 2.28. The quantitative estimate of drug-likeness (QED) is 0.689. The summed E-state index contributed by atoms with van der Waals surface area (Å²) in [6, 6.07) is 16.5. The van der Waals surface area contributed by atoms with E-state index in [9.17, 15) is 4.79 Å². The summed E-state index contributed by atoms with van der Waals surface area (Å²) in [5.41, 5.74) is 4.51. The number of amidine groups is 1. The zero-order chi connectivity index (χ0) is 18.4. The average Bonchev–Trinajstić information content (AvgIpc) is 3.00. The van der Waals surface area contributed by atoms with Crippen LogP contribution in [0.15, 0.2) is 58.4 Å². The van der Waals surface area contributed by atoms with Crippen LogP contribution in [-0.4, -0.2) is 11.1 Å². The third kappa shape index (κ3) is 4.85. The standard InChI is InChI=1S/C22H24N2OS/c1-3-5-6-17-11-13-19(14-12-17)23-22-24-21(25)20(26-22)15-18-9-7-16(4-2)8-10-18/h7-15H,3-6H2,1-2H3,(H,23,24,25)/b20-15-. The van der Waals surface area contributed by atoms with E-state index in [-0.39, 0.29) is 5.91 Å². The SMILES string of the molecule is CCCCc1ccc(N=C2NC(=O)/C(=C/c3ccc(CC)cc3)S2)cc1. The lowest BCUT2D eigenvalue weighted by Crippen LogP contribution is -2.19. The molecule has 134 valence electrons. The minimum atomic E-state index is -0.0899.